The van der Waals surface area contributed by atoms with Gasteiger partial charge in [0.05, 0.1) is 0 Å². The Morgan fingerprint density at radius 3 is 2.21 bits per heavy atom. The molecule has 1 amide bonds. The Labute approximate surface area is 202 Å². The van der Waals surface area contributed by atoms with E-state index in [1.807, 2.05) is 54.6 Å². The molecule has 0 atom stereocenters. The largest absolute Gasteiger partial charge is 0.489 e. The number of carbonyl (C=O) groups excluding carboxylic acids is 1. The molecule has 5 nitrogen and oxygen atoms in total. The van der Waals surface area contributed by atoms with Gasteiger partial charge in [-0.1, -0.05) is 86.1 Å². The molecule has 0 aliphatic heterocycles. The highest BCUT2D eigenvalue weighted by molar-refractivity contribution is 5.93. The maximum Gasteiger partial charge on any atom is 0.276 e. The van der Waals surface area contributed by atoms with Crippen molar-refractivity contribution in [3.8, 4) is 17.1 Å². The fraction of sp³-hybridized carbons (Fsp3) is 0.448. The van der Waals surface area contributed by atoms with Crippen LogP contribution in [0.3, 0.4) is 0 Å². The lowest BCUT2D eigenvalue weighted by Crippen LogP contribution is -2.48. The third-order valence-corrected chi connectivity index (χ3v) is 7.27. The number of nitrogens with zero attached hydrogens (tertiary/aromatic N) is 2. The summed E-state index contributed by atoms with van der Waals surface area (Å²) in [6.07, 6.45) is 11.8. The zero-order chi connectivity index (χ0) is 23.2. The maximum absolute atomic E-state index is 13.7. The molecule has 5 rings (SSSR count). The van der Waals surface area contributed by atoms with Gasteiger partial charge in [-0.15, -0.1) is 0 Å². The summed E-state index contributed by atoms with van der Waals surface area (Å²) >= 11 is 0. The Kier molecular flexibility index (Phi) is 7.28. The van der Waals surface area contributed by atoms with E-state index in [9.17, 15) is 4.79 Å². The first kappa shape index (κ1) is 22.7. The van der Waals surface area contributed by atoms with Crippen LogP contribution in [0.1, 0.15) is 80.3 Å². The van der Waals surface area contributed by atoms with Crippen LogP contribution in [0.4, 0.5) is 0 Å². The molecule has 2 saturated carbocycles. The third kappa shape index (κ3) is 5.35. The molecule has 2 aromatic carbocycles. The molecule has 0 N–H and O–H groups in total. The molecule has 5 heteroatoms. The number of hydrogen-bond acceptors (Lipinski definition) is 4. The predicted octanol–water partition coefficient (Wildman–Crippen LogP) is 7.03. The van der Waals surface area contributed by atoms with Gasteiger partial charge in [0.2, 0.25) is 0 Å². The molecule has 0 unspecified atom stereocenters. The SMILES string of the molecule is O=C(c1cc(-c2cccc(OCc3ccccc3)c2)on1)N(C1CCCCC1)C1CCCCC1. The highest BCUT2D eigenvalue weighted by Crippen LogP contribution is 2.32. The van der Waals surface area contributed by atoms with E-state index >= 15 is 0 Å². The standard InChI is InChI=1S/C29H34N2O3/c32-29(31(24-14-6-2-7-15-24)25-16-8-3-9-17-25)27-20-28(34-30-27)23-13-10-18-26(19-23)33-21-22-11-4-1-5-12-22/h1,4-5,10-13,18-20,24-25H,2-3,6-9,14-17,21H2. The molecule has 0 spiro atoms. The monoisotopic (exact) mass is 458 g/mol. The molecule has 178 valence electrons. The van der Waals surface area contributed by atoms with Crippen LogP contribution in [-0.2, 0) is 6.61 Å². The molecule has 3 aromatic rings. The van der Waals surface area contributed by atoms with Crippen LogP contribution in [0.2, 0.25) is 0 Å². The van der Waals surface area contributed by atoms with Crippen molar-refractivity contribution < 1.29 is 14.1 Å². The third-order valence-electron chi connectivity index (χ3n) is 7.27. The van der Waals surface area contributed by atoms with Crippen molar-refractivity contribution in [1.29, 1.82) is 0 Å². The van der Waals surface area contributed by atoms with Crippen LogP contribution >= 0.6 is 0 Å². The minimum absolute atomic E-state index is 0.0327. The second kappa shape index (κ2) is 10.9. The first-order valence-electron chi connectivity index (χ1n) is 12.8. The Hall–Kier alpha value is -3.08. The van der Waals surface area contributed by atoms with E-state index in [1.165, 1.54) is 38.5 Å². The van der Waals surface area contributed by atoms with E-state index in [-0.39, 0.29) is 5.91 Å². The van der Waals surface area contributed by atoms with Gasteiger partial charge in [0.15, 0.2) is 11.5 Å². The molecular weight excluding hydrogens is 424 g/mol. The van der Waals surface area contributed by atoms with Gasteiger partial charge in [-0.2, -0.15) is 0 Å². The molecule has 0 radical (unpaired) electrons. The van der Waals surface area contributed by atoms with Gasteiger partial charge in [-0.25, -0.2) is 0 Å². The zero-order valence-corrected chi connectivity index (χ0v) is 19.8. The topological polar surface area (TPSA) is 55.6 Å². The van der Waals surface area contributed by atoms with E-state index in [0.717, 1.165) is 42.6 Å². The molecule has 2 aliphatic rings. The predicted molar refractivity (Wildman–Crippen MR) is 133 cm³/mol. The van der Waals surface area contributed by atoms with Crippen LogP contribution in [0, 0.1) is 0 Å². The first-order valence-corrected chi connectivity index (χ1v) is 12.8. The minimum Gasteiger partial charge on any atom is -0.489 e. The summed E-state index contributed by atoms with van der Waals surface area (Å²) in [7, 11) is 0. The van der Waals surface area contributed by atoms with E-state index in [2.05, 4.69) is 10.1 Å². The van der Waals surface area contributed by atoms with Crippen LogP contribution < -0.4 is 4.74 Å². The molecule has 2 fully saturated rings. The molecular formula is C29H34N2O3. The summed E-state index contributed by atoms with van der Waals surface area (Å²) in [6, 6.07) is 20.3. The molecule has 1 heterocycles. The Morgan fingerprint density at radius 2 is 1.53 bits per heavy atom. The first-order chi connectivity index (χ1) is 16.8. The lowest BCUT2D eigenvalue weighted by Gasteiger charge is -2.41. The lowest BCUT2D eigenvalue weighted by atomic mass is 9.88. The summed E-state index contributed by atoms with van der Waals surface area (Å²) in [5, 5.41) is 4.22. The highest BCUT2D eigenvalue weighted by atomic mass is 16.5. The highest BCUT2D eigenvalue weighted by Gasteiger charge is 2.34. The Balaban J connectivity index is 1.32. The molecule has 2 aliphatic carbocycles. The van der Waals surface area contributed by atoms with Gasteiger partial charge in [0.25, 0.3) is 5.91 Å². The van der Waals surface area contributed by atoms with Crippen LogP contribution in [0.25, 0.3) is 11.3 Å². The van der Waals surface area contributed by atoms with Crippen molar-refractivity contribution in [2.24, 2.45) is 0 Å². The Bertz CT molecular complexity index is 1050. The summed E-state index contributed by atoms with van der Waals surface area (Å²) in [4.78, 5) is 15.9. The van der Waals surface area contributed by atoms with Crippen molar-refractivity contribution in [2.75, 3.05) is 0 Å². The zero-order valence-electron chi connectivity index (χ0n) is 19.8. The van der Waals surface area contributed by atoms with Gasteiger partial charge in [-0.3, -0.25) is 4.79 Å². The number of hydrogen-bond donors (Lipinski definition) is 0. The van der Waals surface area contributed by atoms with Crippen LogP contribution in [0.15, 0.2) is 65.2 Å². The minimum atomic E-state index is 0.0327. The lowest BCUT2D eigenvalue weighted by molar-refractivity contribution is 0.0438. The van der Waals surface area contributed by atoms with Crippen molar-refractivity contribution in [2.45, 2.75) is 82.9 Å². The molecule has 0 saturated heterocycles. The number of benzene rings is 2. The maximum atomic E-state index is 13.7. The second-order valence-electron chi connectivity index (χ2n) is 9.67. The van der Waals surface area contributed by atoms with Gasteiger partial charge >= 0.3 is 0 Å². The normalized spacial score (nSPS) is 17.4. The number of amides is 1. The number of rotatable bonds is 7. The van der Waals surface area contributed by atoms with Crippen molar-refractivity contribution in [3.05, 3.63) is 71.9 Å². The van der Waals surface area contributed by atoms with Crippen LogP contribution in [-0.4, -0.2) is 28.0 Å². The summed E-state index contributed by atoms with van der Waals surface area (Å²) < 4.78 is 11.6. The molecule has 0 bridgehead atoms. The average molecular weight is 459 g/mol. The van der Waals surface area contributed by atoms with E-state index in [0.29, 0.717) is 30.1 Å². The fourth-order valence-electron chi connectivity index (χ4n) is 5.47. The van der Waals surface area contributed by atoms with E-state index < -0.39 is 0 Å². The average Bonchev–Trinajstić information content (AvgIpc) is 3.40. The fourth-order valence-corrected chi connectivity index (χ4v) is 5.47. The number of carbonyl (C=O) groups is 1. The smallest absolute Gasteiger partial charge is 0.276 e. The summed E-state index contributed by atoms with van der Waals surface area (Å²) in [5.41, 5.74) is 2.40. The van der Waals surface area contributed by atoms with Gasteiger partial charge in [0.1, 0.15) is 12.4 Å². The molecule has 34 heavy (non-hydrogen) atoms. The number of aromatic nitrogens is 1. The van der Waals surface area contributed by atoms with Gasteiger partial charge in [-0.05, 0) is 43.4 Å². The summed E-state index contributed by atoms with van der Waals surface area (Å²) in [6.45, 7) is 0.502. The molecule has 1 aromatic heterocycles. The van der Waals surface area contributed by atoms with Gasteiger partial charge in [0, 0.05) is 23.7 Å². The second-order valence-corrected chi connectivity index (χ2v) is 9.67. The number of ether oxygens (including phenoxy) is 1. The van der Waals surface area contributed by atoms with Crippen molar-refractivity contribution in [1.82, 2.24) is 10.1 Å². The van der Waals surface area contributed by atoms with Crippen molar-refractivity contribution in [3.63, 3.8) is 0 Å². The van der Waals surface area contributed by atoms with E-state index in [4.69, 9.17) is 9.26 Å². The van der Waals surface area contributed by atoms with Gasteiger partial charge < -0.3 is 14.2 Å². The van der Waals surface area contributed by atoms with E-state index in [1.54, 1.807) is 6.07 Å². The Morgan fingerprint density at radius 1 is 0.853 bits per heavy atom. The summed E-state index contributed by atoms with van der Waals surface area (Å²) in [5.74, 6) is 1.39. The van der Waals surface area contributed by atoms with Crippen LogP contribution in [0.5, 0.6) is 5.75 Å². The quantitative estimate of drug-likeness (QED) is 0.381. The van der Waals surface area contributed by atoms with Crippen molar-refractivity contribution >= 4 is 5.91 Å².